The van der Waals surface area contributed by atoms with Crippen molar-refractivity contribution in [1.82, 2.24) is 0 Å². The fraction of sp³-hybridized carbons (Fsp3) is 0.294. The van der Waals surface area contributed by atoms with Gasteiger partial charge in [0.25, 0.3) is 0 Å². The first-order valence-corrected chi connectivity index (χ1v) is 7.49. The van der Waals surface area contributed by atoms with Gasteiger partial charge in [-0.1, -0.05) is 29.8 Å². The second-order valence-electron chi connectivity index (χ2n) is 4.94. The van der Waals surface area contributed by atoms with Gasteiger partial charge in [0.05, 0.1) is 24.8 Å². The Morgan fingerprint density at radius 3 is 2.43 bits per heavy atom. The summed E-state index contributed by atoms with van der Waals surface area (Å²) >= 11 is 3.42. The Bertz CT molecular complexity index is 625. The fourth-order valence-electron chi connectivity index (χ4n) is 2.32. The third-order valence-corrected chi connectivity index (χ3v) is 3.99. The van der Waals surface area contributed by atoms with E-state index in [0.717, 1.165) is 15.6 Å². The summed E-state index contributed by atoms with van der Waals surface area (Å²) in [4.78, 5) is 0. The highest BCUT2D eigenvalue weighted by Gasteiger charge is 2.17. The number of aryl methyl sites for hydroxylation is 1. The molecular weight excluding hydrogens is 332 g/mol. The van der Waals surface area contributed by atoms with Gasteiger partial charge in [-0.05, 0) is 40.5 Å². The average molecular weight is 351 g/mol. The minimum Gasteiger partial charge on any atom is -0.496 e. The molecule has 21 heavy (non-hydrogen) atoms. The van der Waals surface area contributed by atoms with Crippen LogP contribution in [0.5, 0.6) is 11.5 Å². The largest absolute Gasteiger partial charge is 0.496 e. The third kappa shape index (κ3) is 3.77. The van der Waals surface area contributed by atoms with Gasteiger partial charge in [0.1, 0.15) is 11.5 Å². The van der Waals surface area contributed by atoms with E-state index in [1.807, 2.05) is 37.3 Å². The quantitative estimate of drug-likeness (QED) is 0.883. The highest BCUT2D eigenvalue weighted by molar-refractivity contribution is 9.10. The number of aliphatic hydroxyl groups excluding tert-OH is 1. The van der Waals surface area contributed by atoms with E-state index < -0.39 is 6.10 Å². The predicted molar refractivity (Wildman–Crippen MR) is 87.1 cm³/mol. The minimum absolute atomic E-state index is 0.531. The first-order valence-electron chi connectivity index (χ1n) is 6.70. The highest BCUT2D eigenvalue weighted by atomic mass is 79.9. The SMILES string of the molecule is COc1cc(C(O)Cc2cccc(C)c2)c(OC)cc1Br. The molecule has 0 saturated carbocycles. The topological polar surface area (TPSA) is 38.7 Å². The number of methoxy groups -OCH3 is 2. The normalized spacial score (nSPS) is 12.0. The van der Waals surface area contributed by atoms with Crippen LogP contribution in [-0.4, -0.2) is 19.3 Å². The zero-order valence-corrected chi connectivity index (χ0v) is 14.0. The van der Waals surface area contributed by atoms with E-state index in [0.29, 0.717) is 17.9 Å². The van der Waals surface area contributed by atoms with E-state index in [1.54, 1.807) is 14.2 Å². The summed E-state index contributed by atoms with van der Waals surface area (Å²) in [6.07, 6.45) is -0.119. The maximum Gasteiger partial charge on any atom is 0.133 e. The second-order valence-corrected chi connectivity index (χ2v) is 5.79. The highest BCUT2D eigenvalue weighted by Crippen LogP contribution is 2.36. The smallest absolute Gasteiger partial charge is 0.133 e. The molecule has 0 saturated heterocycles. The molecule has 0 aromatic heterocycles. The molecule has 0 spiro atoms. The first-order chi connectivity index (χ1) is 10.0. The lowest BCUT2D eigenvalue weighted by Gasteiger charge is -2.17. The average Bonchev–Trinajstić information content (AvgIpc) is 2.46. The van der Waals surface area contributed by atoms with Gasteiger partial charge in [0.2, 0.25) is 0 Å². The number of halogens is 1. The van der Waals surface area contributed by atoms with Crippen LogP contribution in [0.2, 0.25) is 0 Å². The molecule has 3 nitrogen and oxygen atoms in total. The van der Waals surface area contributed by atoms with E-state index in [4.69, 9.17) is 9.47 Å². The van der Waals surface area contributed by atoms with Crippen molar-refractivity contribution >= 4 is 15.9 Å². The van der Waals surface area contributed by atoms with E-state index in [-0.39, 0.29) is 0 Å². The van der Waals surface area contributed by atoms with Crippen LogP contribution < -0.4 is 9.47 Å². The molecule has 1 unspecified atom stereocenters. The van der Waals surface area contributed by atoms with E-state index in [1.165, 1.54) is 5.56 Å². The molecule has 1 N–H and O–H groups in total. The molecule has 0 aliphatic heterocycles. The Morgan fingerprint density at radius 1 is 1.10 bits per heavy atom. The van der Waals surface area contributed by atoms with Gasteiger partial charge in [0, 0.05) is 12.0 Å². The molecule has 0 amide bonds. The van der Waals surface area contributed by atoms with Crippen LogP contribution in [0.15, 0.2) is 40.9 Å². The maximum atomic E-state index is 10.5. The molecule has 0 aliphatic carbocycles. The van der Waals surface area contributed by atoms with E-state index in [9.17, 15) is 5.11 Å². The Balaban J connectivity index is 2.31. The van der Waals surface area contributed by atoms with Crippen LogP contribution in [0.4, 0.5) is 0 Å². The molecule has 2 rings (SSSR count). The number of hydrogen-bond donors (Lipinski definition) is 1. The van der Waals surface area contributed by atoms with Gasteiger partial charge in [-0.25, -0.2) is 0 Å². The van der Waals surface area contributed by atoms with E-state index >= 15 is 0 Å². The predicted octanol–water partition coefficient (Wildman–Crippen LogP) is 4.05. The molecule has 0 aliphatic rings. The van der Waals surface area contributed by atoms with Crippen LogP contribution in [0, 0.1) is 6.92 Å². The molecular formula is C17H19BrO3. The molecule has 1 atom stereocenters. The van der Waals surface area contributed by atoms with Crippen molar-refractivity contribution in [1.29, 1.82) is 0 Å². The molecule has 4 heteroatoms. The van der Waals surface area contributed by atoms with Gasteiger partial charge in [-0.15, -0.1) is 0 Å². The van der Waals surface area contributed by atoms with Gasteiger partial charge >= 0.3 is 0 Å². The zero-order chi connectivity index (χ0) is 15.4. The number of benzene rings is 2. The Kier molecular flexibility index (Phi) is 5.26. The van der Waals surface area contributed by atoms with Crippen molar-refractivity contribution in [3.05, 3.63) is 57.6 Å². The summed E-state index contributed by atoms with van der Waals surface area (Å²) in [6, 6.07) is 11.7. The van der Waals surface area contributed by atoms with Gasteiger partial charge in [-0.2, -0.15) is 0 Å². The summed E-state index contributed by atoms with van der Waals surface area (Å²) in [5.74, 6) is 1.32. The first kappa shape index (κ1) is 15.9. The standard InChI is InChI=1S/C17H19BrO3/c1-11-5-4-6-12(7-11)8-15(19)13-9-17(21-3)14(18)10-16(13)20-2/h4-7,9-10,15,19H,8H2,1-3H3. The zero-order valence-electron chi connectivity index (χ0n) is 12.4. The Morgan fingerprint density at radius 2 is 1.81 bits per heavy atom. The number of hydrogen-bond acceptors (Lipinski definition) is 3. The number of rotatable bonds is 5. The Hall–Kier alpha value is -1.52. The van der Waals surface area contributed by atoms with Crippen molar-refractivity contribution in [2.45, 2.75) is 19.4 Å². The van der Waals surface area contributed by atoms with Crippen LogP contribution in [0.25, 0.3) is 0 Å². The van der Waals surface area contributed by atoms with Gasteiger partial charge < -0.3 is 14.6 Å². The third-order valence-electron chi connectivity index (χ3n) is 3.37. The number of ether oxygens (including phenoxy) is 2. The van der Waals surface area contributed by atoms with Crippen LogP contribution in [-0.2, 0) is 6.42 Å². The summed E-state index contributed by atoms with van der Waals surface area (Å²) in [7, 11) is 3.19. The molecule has 2 aromatic carbocycles. The summed E-state index contributed by atoms with van der Waals surface area (Å²) in [5, 5.41) is 10.5. The number of aliphatic hydroxyl groups is 1. The molecule has 2 aromatic rings. The minimum atomic E-state index is -0.649. The van der Waals surface area contributed by atoms with Crippen LogP contribution >= 0.6 is 15.9 Å². The van der Waals surface area contributed by atoms with Gasteiger partial charge in [-0.3, -0.25) is 0 Å². The van der Waals surface area contributed by atoms with Crippen LogP contribution in [0.1, 0.15) is 22.8 Å². The summed E-state index contributed by atoms with van der Waals surface area (Å²) in [5.41, 5.74) is 2.99. The lowest BCUT2D eigenvalue weighted by Crippen LogP contribution is -2.05. The lowest BCUT2D eigenvalue weighted by atomic mass is 9.99. The fourth-order valence-corrected chi connectivity index (χ4v) is 2.80. The van der Waals surface area contributed by atoms with Crippen molar-refractivity contribution < 1.29 is 14.6 Å². The maximum absolute atomic E-state index is 10.5. The van der Waals surface area contributed by atoms with Gasteiger partial charge in [0.15, 0.2) is 0 Å². The molecule has 0 fully saturated rings. The molecule has 0 bridgehead atoms. The molecule has 0 heterocycles. The summed E-state index contributed by atoms with van der Waals surface area (Å²) in [6.45, 7) is 2.04. The van der Waals surface area contributed by atoms with Crippen molar-refractivity contribution in [3.63, 3.8) is 0 Å². The van der Waals surface area contributed by atoms with E-state index in [2.05, 4.69) is 22.0 Å². The lowest BCUT2D eigenvalue weighted by molar-refractivity contribution is 0.173. The van der Waals surface area contributed by atoms with Crippen LogP contribution in [0.3, 0.4) is 0 Å². The summed E-state index contributed by atoms with van der Waals surface area (Å²) < 4.78 is 11.5. The van der Waals surface area contributed by atoms with Crippen molar-refractivity contribution in [2.75, 3.05) is 14.2 Å². The molecule has 0 radical (unpaired) electrons. The van der Waals surface area contributed by atoms with Crippen molar-refractivity contribution in [2.24, 2.45) is 0 Å². The van der Waals surface area contributed by atoms with Crippen molar-refractivity contribution in [3.8, 4) is 11.5 Å². The second kappa shape index (κ2) is 6.96. The Labute approximate surface area is 133 Å². The molecule has 112 valence electrons. The monoisotopic (exact) mass is 350 g/mol.